The second-order valence-corrected chi connectivity index (χ2v) is 9.00. The molecule has 0 atom stereocenters. The van der Waals surface area contributed by atoms with Gasteiger partial charge in [-0.15, -0.1) is 0 Å². The number of aryl methyl sites for hydroxylation is 1. The summed E-state index contributed by atoms with van der Waals surface area (Å²) in [6, 6.07) is 16.7. The Bertz CT molecular complexity index is 1000. The number of fused-ring (bicyclic) bond motifs is 1. The lowest BCUT2D eigenvalue weighted by molar-refractivity contribution is -0.125. The molecular weight excluding hydrogens is 410 g/mol. The maximum absolute atomic E-state index is 12.3. The van der Waals surface area contributed by atoms with E-state index in [1.54, 1.807) is 0 Å². The zero-order valence-corrected chi connectivity index (χ0v) is 20.6. The van der Waals surface area contributed by atoms with Crippen LogP contribution in [0.2, 0.25) is 0 Å². The summed E-state index contributed by atoms with van der Waals surface area (Å²) in [4.78, 5) is 17.2. The van der Waals surface area contributed by atoms with E-state index in [-0.39, 0.29) is 11.8 Å². The lowest BCUT2D eigenvalue weighted by atomic mass is 10.0. The third kappa shape index (κ3) is 6.83. The van der Waals surface area contributed by atoms with Crippen molar-refractivity contribution < 1.29 is 9.53 Å². The highest BCUT2D eigenvalue weighted by Gasteiger charge is 2.15. The fraction of sp³-hybridized carbons (Fsp3) is 0.500. The normalized spacial score (nSPS) is 11.5. The summed E-state index contributed by atoms with van der Waals surface area (Å²) in [6.07, 6.45) is 4.48. The van der Waals surface area contributed by atoms with Crippen LogP contribution in [0.3, 0.4) is 0 Å². The highest BCUT2D eigenvalue weighted by Crippen LogP contribution is 2.20. The second kappa shape index (κ2) is 12.4. The van der Waals surface area contributed by atoms with Crippen molar-refractivity contribution >= 4 is 16.9 Å². The quantitative estimate of drug-likeness (QED) is 0.320. The monoisotopic (exact) mass is 449 g/mol. The first-order valence-electron chi connectivity index (χ1n) is 12.5. The number of unbranched alkanes of at least 4 members (excludes halogenated alkanes) is 1. The Hall–Kier alpha value is -2.82. The lowest BCUT2D eigenvalue weighted by Crippen LogP contribution is -2.32. The van der Waals surface area contributed by atoms with Crippen LogP contribution in [-0.4, -0.2) is 28.6 Å². The predicted molar refractivity (Wildman–Crippen MR) is 136 cm³/mol. The van der Waals surface area contributed by atoms with Crippen LogP contribution in [0, 0.1) is 5.92 Å². The first kappa shape index (κ1) is 24.8. The van der Waals surface area contributed by atoms with E-state index in [1.807, 2.05) is 6.07 Å². The third-order valence-electron chi connectivity index (χ3n) is 6.33. The Balaban J connectivity index is 1.53. The zero-order valence-electron chi connectivity index (χ0n) is 20.6. The van der Waals surface area contributed by atoms with Crippen molar-refractivity contribution in [1.29, 1.82) is 0 Å². The highest BCUT2D eigenvalue weighted by molar-refractivity contribution is 5.78. The fourth-order valence-electron chi connectivity index (χ4n) is 4.18. The molecule has 1 heterocycles. The van der Waals surface area contributed by atoms with E-state index < -0.39 is 0 Å². The van der Waals surface area contributed by atoms with Gasteiger partial charge in [-0.2, -0.15) is 0 Å². The van der Waals surface area contributed by atoms with Crippen LogP contribution in [0.25, 0.3) is 11.0 Å². The van der Waals surface area contributed by atoms with E-state index in [9.17, 15) is 4.79 Å². The van der Waals surface area contributed by atoms with Crippen LogP contribution in [0.1, 0.15) is 70.7 Å². The largest absolute Gasteiger partial charge is 0.494 e. The molecule has 0 radical (unpaired) electrons. The van der Waals surface area contributed by atoms with Gasteiger partial charge >= 0.3 is 0 Å². The molecule has 3 rings (SSSR count). The SMILES string of the molecule is CCC(CC)C(=O)NCCc1nc2ccccc2n1CCCCOc1ccc(C(C)C)cc1. The van der Waals surface area contributed by atoms with Gasteiger partial charge in [0.15, 0.2) is 0 Å². The Morgan fingerprint density at radius 2 is 1.76 bits per heavy atom. The molecule has 0 spiro atoms. The van der Waals surface area contributed by atoms with Gasteiger partial charge in [-0.05, 0) is 61.4 Å². The first-order valence-corrected chi connectivity index (χ1v) is 12.5. The third-order valence-corrected chi connectivity index (χ3v) is 6.33. The van der Waals surface area contributed by atoms with Crippen molar-refractivity contribution in [3.05, 3.63) is 59.9 Å². The standard InChI is InChI=1S/C28H39N3O2/c1-5-22(6-2)28(32)29-18-17-27-30-25-11-7-8-12-26(25)31(27)19-9-10-20-33-24-15-13-23(14-16-24)21(3)4/h7-8,11-16,21-22H,5-6,9-10,17-20H2,1-4H3,(H,29,32). The molecule has 33 heavy (non-hydrogen) atoms. The Morgan fingerprint density at radius 3 is 2.45 bits per heavy atom. The van der Waals surface area contributed by atoms with E-state index in [0.717, 1.165) is 61.3 Å². The minimum Gasteiger partial charge on any atom is -0.494 e. The van der Waals surface area contributed by atoms with Crippen LogP contribution >= 0.6 is 0 Å². The van der Waals surface area contributed by atoms with Crippen molar-refractivity contribution in [1.82, 2.24) is 14.9 Å². The molecule has 0 aliphatic heterocycles. The number of nitrogens with one attached hydrogen (secondary N) is 1. The van der Waals surface area contributed by atoms with Crippen LogP contribution in [0.4, 0.5) is 0 Å². The Kier molecular flexibility index (Phi) is 9.35. The molecule has 2 aromatic carbocycles. The van der Waals surface area contributed by atoms with Crippen LogP contribution in [0.5, 0.6) is 5.75 Å². The van der Waals surface area contributed by atoms with E-state index in [4.69, 9.17) is 9.72 Å². The molecule has 1 aromatic heterocycles. The number of carbonyl (C=O) groups is 1. The maximum Gasteiger partial charge on any atom is 0.223 e. The van der Waals surface area contributed by atoms with Gasteiger partial charge < -0.3 is 14.6 Å². The van der Waals surface area contributed by atoms with Gasteiger partial charge in [-0.1, -0.05) is 52.0 Å². The summed E-state index contributed by atoms with van der Waals surface area (Å²) in [5, 5.41) is 3.10. The average Bonchev–Trinajstić information content (AvgIpc) is 3.17. The number of carbonyl (C=O) groups excluding carboxylic acids is 1. The molecule has 1 amide bonds. The molecule has 178 valence electrons. The molecule has 0 aliphatic carbocycles. The minimum atomic E-state index is 0.102. The second-order valence-electron chi connectivity index (χ2n) is 9.00. The lowest BCUT2D eigenvalue weighted by Gasteiger charge is -2.13. The predicted octanol–water partition coefficient (Wildman–Crippen LogP) is 6.11. The number of rotatable bonds is 13. The summed E-state index contributed by atoms with van der Waals surface area (Å²) < 4.78 is 8.24. The molecule has 0 bridgehead atoms. The number of aromatic nitrogens is 2. The van der Waals surface area contributed by atoms with Gasteiger partial charge in [-0.25, -0.2) is 4.98 Å². The smallest absolute Gasteiger partial charge is 0.223 e. The van der Waals surface area contributed by atoms with Gasteiger partial charge in [0.2, 0.25) is 5.91 Å². The maximum atomic E-state index is 12.3. The van der Waals surface area contributed by atoms with E-state index >= 15 is 0 Å². The van der Waals surface area contributed by atoms with Crippen molar-refractivity contribution in [2.45, 2.75) is 72.3 Å². The molecule has 0 aliphatic rings. The minimum absolute atomic E-state index is 0.102. The average molecular weight is 450 g/mol. The fourth-order valence-corrected chi connectivity index (χ4v) is 4.18. The topological polar surface area (TPSA) is 56.2 Å². The van der Waals surface area contributed by atoms with Crippen molar-refractivity contribution in [2.75, 3.05) is 13.2 Å². The number of amides is 1. The number of hydrogen-bond acceptors (Lipinski definition) is 3. The molecule has 0 unspecified atom stereocenters. The van der Waals surface area contributed by atoms with Crippen LogP contribution in [-0.2, 0) is 17.8 Å². The molecule has 3 aromatic rings. The summed E-state index contributed by atoms with van der Waals surface area (Å²) in [6.45, 7) is 10.7. The van der Waals surface area contributed by atoms with Gasteiger partial charge in [-0.3, -0.25) is 4.79 Å². The first-order chi connectivity index (χ1) is 16.0. The number of nitrogens with zero attached hydrogens (tertiary/aromatic N) is 2. The Labute approximate surface area is 198 Å². The van der Waals surface area contributed by atoms with Gasteiger partial charge in [0.05, 0.1) is 17.6 Å². The molecule has 1 N–H and O–H groups in total. The van der Waals surface area contributed by atoms with Crippen molar-refractivity contribution in [2.24, 2.45) is 5.92 Å². The summed E-state index contributed by atoms with van der Waals surface area (Å²) in [5.74, 6) is 2.76. The van der Waals surface area contributed by atoms with Crippen LogP contribution < -0.4 is 10.1 Å². The highest BCUT2D eigenvalue weighted by atomic mass is 16.5. The Morgan fingerprint density at radius 1 is 1.03 bits per heavy atom. The molecule has 5 heteroatoms. The number of imidazole rings is 1. The summed E-state index contributed by atoms with van der Waals surface area (Å²) in [7, 11) is 0. The zero-order chi connectivity index (χ0) is 23.6. The molecule has 0 saturated heterocycles. The number of ether oxygens (including phenoxy) is 1. The van der Waals surface area contributed by atoms with Crippen molar-refractivity contribution in [3.63, 3.8) is 0 Å². The van der Waals surface area contributed by atoms with Crippen LogP contribution in [0.15, 0.2) is 48.5 Å². The number of hydrogen-bond donors (Lipinski definition) is 1. The number of benzene rings is 2. The summed E-state index contributed by atoms with van der Waals surface area (Å²) >= 11 is 0. The van der Waals surface area contributed by atoms with E-state index in [0.29, 0.717) is 19.1 Å². The molecule has 0 saturated carbocycles. The number of para-hydroxylation sites is 2. The van der Waals surface area contributed by atoms with E-state index in [1.165, 1.54) is 5.56 Å². The molecule has 5 nitrogen and oxygen atoms in total. The molecule has 0 fully saturated rings. The molecular formula is C28H39N3O2. The van der Waals surface area contributed by atoms with E-state index in [2.05, 4.69) is 80.0 Å². The van der Waals surface area contributed by atoms with Gasteiger partial charge in [0.25, 0.3) is 0 Å². The summed E-state index contributed by atoms with van der Waals surface area (Å²) in [5.41, 5.74) is 3.50. The van der Waals surface area contributed by atoms with Gasteiger partial charge in [0, 0.05) is 25.4 Å². The van der Waals surface area contributed by atoms with Crippen molar-refractivity contribution in [3.8, 4) is 5.75 Å². The van der Waals surface area contributed by atoms with Gasteiger partial charge in [0.1, 0.15) is 11.6 Å².